The van der Waals surface area contributed by atoms with E-state index in [-0.39, 0.29) is 18.1 Å². The number of carbonyl (C=O) groups is 1. The van der Waals surface area contributed by atoms with Crippen molar-refractivity contribution in [1.82, 2.24) is 0 Å². The van der Waals surface area contributed by atoms with Gasteiger partial charge in [-0.05, 0) is 49.9 Å². The van der Waals surface area contributed by atoms with Gasteiger partial charge in [0.05, 0.1) is 5.56 Å². The van der Waals surface area contributed by atoms with Crippen molar-refractivity contribution in [2.24, 2.45) is 5.73 Å². The summed E-state index contributed by atoms with van der Waals surface area (Å²) in [5, 5.41) is 0.616. The minimum atomic E-state index is -0.276. The molecule has 0 aliphatic heterocycles. The Labute approximate surface area is 106 Å². The summed E-state index contributed by atoms with van der Waals surface area (Å²) in [5.74, 6) is -0.276. The van der Waals surface area contributed by atoms with Crippen LogP contribution in [0.4, 0.5) is 0 Å². The number of benzene rings is 1. The number of hydrogen-bond donors (Lipinski definition) is 1. The zero-order valence-electron chi connectivity index (χ0n) is 9.56. The predicted molar refractivity (Wildman–Crippen MR) is 67.1 cm³/mol. The number of ether oxygens (including phenoxy) is 1. The summed E-state index contributed by atoms with van der Waals surface area (Å²) in [4.78, 5) is 11.8. The molecule has 3 nitrogen and oxygen atoms in total. The molecule has 1 fully saturated rings. The minimum Gasteiger partial charge on any atom is -0.459 e. The fraction of sp³-hybridized carbons (Fsp3) is 0.462. The second kappa shape index (κ2) is 5.52. The first-order valence-electron chi connectivity index (χ1n) is 5.87. The largest absolute Gasteiger partial charge is 0.459 e. The van der Waals surface area contributed by atoms with E-state index in [1.54, 1.807) is 24.3 Å². The molecule has 0 spiro atoms. The molecule has 0 saturated heterocycles. The maximum atomic E-state index is 11.8. The van der Waals surface area contributed by atoms with Crippen LogP contribution in [0, 0.1) is 0 Å². The molecule has 0 bridgehead atoms. The second-order valence-corrected chi connectivity index (χ2v) is 4.89. The van der Waals surface area contributed by atoms with Crippen LogP contribution in [0.15, 0.2) is 24.3 Å². The van der Waals surface area contributed by atoms with Crippen LogP contribution in [0.1, 0.15) is 36.0 Å². The molecule has 1 saturated carbocycles. The Morgan fingerprint density at radius 1 is 1.18 bits per heavy atom. The molecular formula is C13H16ClNO2. The van der Waals surface area contributed by atoms with Crippen LogP contribution in [-0.2, 0) is 4.74 Å². The molecule has 0 unspecified atom stereocenters. The molecule has 1 aromatic carbocycles. The lowest BCUT2D eigenvalue weighted by atomic mass is 9.94. The minimum absolute atomic E-state index is 0.0120. The molecule has 0 atom stereocenters. The van der Waals surface area contributed by atoms with E-state index in [0.29, 0.717) is 10.6 Å². The molecular weight excluding hydrogens is 238 g/mol. The van der Waals surface area contributed by atoms with Gasteiger partial charge in [-0.15, -0.1) is 0 Å². The number of hydrogen-bond acceptors (Lipinski definition) is 3. The topological polar surface area (TPSA) is 52.3 Å². The van der Waals surface area contributed by atoms with Crippen molar-refractivity contribution in [2.75, 3.05) is 0 Å². The number of halogens is 1. The number of carbonyl (C=O) groups excluding carboxylic acids is 1. The first-order chi connectivity index (χ1) is 8.15. The van der Waals surface area contributed by atoms with Crippen LogP contribution in [-0.4, -0.2) is 18.1 Å². The summed E-state index contributed by atoms with van der Waals surface area (Å²) in [7, 11) is 0. The molecule has 0 amide bonds. The first-order valence-corrected chi connectivity index (χ1v) is 6.25. The molecule has 1 aromatic rings. The molecule has 4 heteroatoms. The Morgan fingerprint density at radius 2 is 1.76 bits per heavy atom. The maximum Gasteiger partial charge on any atom is 0.338 e. The molecule has 0 aromatic heterocycles. The first kappa shape index (κ1) is 12.4. The summed E-state index contributed by atoms with van der Waals surface area (Å²) in [6.45, 7) is 0. The van der Waals surface area contributed by atoms with Crippen LogP contribution >= 0.6 is 11.6 Å². The molecule has 1 aliphatic rings. The van der Waals surface area contributed by atoms with Gasteiger partial charge in [-0.1, -0.05) is 11.6 Å². The molecule has 92 valence electrons. The Hall–Kier alpha value is -1.06. The highest BCUT2D eigenvalue weighted by Gasteiger charge is 2.22. The quantitative estimate of drug-likeness (QED) is 0.825. The number of rotatable bonds is 2. The highest BCUT2D eigenvalue weighted by molar-refractivity contribution is 6.30. The fourth-order valence-electron chi connectivity index (χ4n) is 2.01. The molecule has 0 heterocycles. The lowest BCUT2D eigenvalue weighted by molar-refractivity contribution is 0.0197. The third kappa shape index (κ3) is 3.45. The highest BCUT2D eigenvalue weighted by Crippen LogP contribution is 2.21. The van der Waals surface area contributed by atoms with Gasteiger partial charge < -0.3 is 10.5 Å². The summed E-state index contributed by atoms with van der Waals surface area (Å²) >= 11 is 5.76. The molecule has 1 aliphatic carbocycles. The second-order valence-electron chi connectivity index (χ2n) is 4.45. The standard InChI is InChI=1S/C13H16ClNO2/c14-10-3-1-9(2-4-10)13(16)17-12-7-5-11(15)6-8-12/h1-4,11-12H,5-8,15H2. The smallest absolute Gasteiger partial charge is 0.338 e. The van der Waals surface area contributed by atoms with Crippen LogP contribution in [0.3, 0.4) is 0 Å². The van der Waals surface area contributed by atoms with Gasteiger partial charge >= 0.3 is 5.97 Å². The molecule has 0 radical (unpaired) electrons. The van der Waals surface area contributed by atoms with Crippen molar-refractivity contribution in [3.8, 4) is 0 Å². The van der Waals surface area contributed by atoms with Gasteiger partial charge in [0.2, 0.25) is 0 Å². The normalized spacial score (nSPS) is 24.4. The van der Waals surface area contributed by atoms with E-state index in [4.69, 9.17) is 22.1 Å². The van der Waals surface area contributed by atoms with Gasteiger partial charge in [-0.2, -0.15) is 0 Å². The van der Waals surface area contributed by atoms with Crippen LogP contribution in [0.25, 0.3) is 0 Å². The van der Waals surface area contributed by atoms with Crippen LogP contribution in [0.5, 0.6) is 0 Å². The molecule has 2 N–H and O–H groups in total. The van der Waals surface area contributed by atoms with E-state index in [1.807, 2.05) is 0 Å². The molecule has 17 heavy (non-hydrogen) atoms. The van der Waals surface area contributed by atoms with Gasteiger partial charge in [0, 0.05) is 11.1 Å². The summed E-state index contributed by atoms with van der Waals surface area (Å²) in [5.41, 5.74) is 6.35. The van der Waals surface area contributed by atoms with Crippen LogP contribution in [0.2, 0.25) is 5.02 Å². The van der Waals surface area contributed by atoms with Crippen molar-refractivity contribution >= 4 is 17.6 Å². The zero-order chi connectivity index (χ0) is 12.3. The van der Waals surface area contributed by atoms with Crippen molar-refractivity contribution in [3.05, 3.63) is 34.9 Å². The predicted octanol–water partition coefficient (Wildman–Crippen LogP) is 2.77. The van der Waals surface area contributed by atoms with Crippen molar-refractivity contribution in [1.29, 1.82) is 0 Å². The van der Waals surface area contributed by atoms with E-state index >= 15 is 0 Å². The Kier molecular flexibility index (Phi) is 4.02. The lowest BCUT2D eigenvalue weighted by Crippen LogP contribution is -2.31. The lowest BCUT2D eigenvalue weighted by Gasteiger charge is -2.25. The van der Waals surface area contributed by atoms with Gasteiger partial charge in [0.25, 0.3) is 0 Å². The zero-order valence-corrected chi connectivity index (χ0v) is 10.3. The fourth-order valence-corrected chi connectivity index (χ4v) is 2.14. The van der Waals surface area contributed by atoms with Crippen LogP contribution < -0.4 is 5.73 Å². The van der Waals surface area contributed by atoms with E-state index in [2.05, 4.69) is 0 Å². The molecule has 2 rings (SSSR count). The van der Waals surface area contributed by atoms with Gasteiger partial charge in [0.1, 0.15) is 6.10 Å². The number of nitrogens with two attached hydrogens (primary N) is 1. The van der Waals surface area contributed by atoms with Gasteiger partial charge in [-0.25, -0.2) is 4.79 Å². The SMILES string of the molecule is NC1CCC(OC(=O)c2ccc(Cl)cc2)CC1. The van der Waals surface area contributed by atoms with E-state index in [9.17, 15) is 4.79 Å². The average Bonchev–Trinajstić information content (AvgIpc) is 2.33. The summed E-state index contributed by atoms with van der Waals surface area (Å²) < 4.78 is 5.43. The average molecular weight is 254 g/mol. The van der Waals surface area contributed by atoms with E-state index in [1.165, 1.54) is 0 Å². The Bertz CT molecular complexity index is 383. The van der Waals surface area contributed by atoms with Crippen molar-refractivity contribution in [3.63, 3.8) is 0 Å². The van der Waals surface area contributed by atoms with Gasteiger partial charge in [0.15, 0.2) is 0 Å². The Balaban J connectivity index is 1.91. The van der Waals surface area contributed by atoms with Gasteiger partial charge in [-0.3, -0.25) is 0 Å². The highest BCUT2D eigenvalue weighted by atomic mass is 35.5. The maximum absolute atomic E-state index is 11.8. The van der Waals surface area contributed by atoms with Crippen molar-refractivity contribution in [2.45, 2.75) is 37.8 Å². The monoisotopic (exact) mass is 253 g/mol. The van der Waals surface area contributed by atoms with Crippen molar-refractivity contribution < 1.29 is 9.53 Å². The third-order valence-corrected chi connectivity index (χ3v) is 3.32. The Morgan fingerprint density at radius 3 is 2.35 bits per heavy atom. The number of esters is 1. The third-order valence-electron chi connectivity index (χ3n) is 3.07. The summed E-state index contributed by atoms with van der Waals surface area (Å²) in [6.07, 6.45) is 3.59. The van der Waals surface area contributed by atoms with E-state index < -0.39 is 0 Å². The van der Waals surface area contributed by atoms with E-state index in [0.717, 1.165) is 25.7 Å². The summed E-state index contributed by atoms with van der Waals surface area (Å²) in [6, 6.07) is 7.00.